The largest absolute Gasteiger partial charge is 0.328 e. The lowest BCUT2D eigenvalue weighted by Gasteiger charge is -2.25. The smallest absolute Gasteiger partial charge is 0.188 e. The second-order valence-electron chi connectivity index (χ2n) is 4.60. The van der Waals surface area contributed by atoms with Crippen LogP contribution >= 0.6 is 11.8 Å². The molecule has 1 heterocycles. The fourth-order valence-corrected chi connectivity index (χ4v) is 3.50. The number of nitrogens with zero attached hydrogens (tertiary/aromatic N) is 2. The lowest BCUT2D eigenvalue weighted by molar-refractivity contribution is 0.451. The molecule has 1 fully saturated rings. The molecule has 2 unspecified atom stereocenters. The Balaban J connectivity index is 2.02. The van der Waals surface area contributed by atoms with Crippen LogP contribution in [0.2, 0.25) is 0 Å². The minimum atomic E-state index is 0.372. The number of hydrogen-bond donors (Lipinski definition) is 1. The van der Waals surface area contributed by atoms with Crippen molar-refractivity contribution in [1.82, 2.24) is 9.97 Å². The third kappa shape index (κ3) is 3.19. The van der Waals surface area contributed by atoms with Gasteiger partial charge in [-0.15, -0.1) is 0 Å². The van der Waals surface area contributed by atoms with E-state index in [1.165, 1.54) is 19.3 Å². The molecule has 0 aliphatic heterocycles. The van der Waals surface area contributed by atoms with E-state index in [0.717, 1.165) is 23.0 Å². The number of hydrogen-bond acceptors (Lipinski definition) is 4. The van der Waals surface area contributed by atoms with Crippen LogP contribution in [0.5, 0.6) is 0 Å². The van der Waals surface area contributed by atoms with Crippen molar-refractivity contribution in [1.29, 1.82) is 0 Å². The van der Waals surface area contributed by atoms with E-state index in [-0.39, 0.29) is 0 Å². The Morgan fingerprint density at radius 3 is 2.56 bits per heavy atom. The highest BCUT2D eigenvalue weighted by Crippen LogP contribution is 2.31. The van der Waals surface area contributed by atoms with Crippen molar-refractivity contribution < 1.29 is 0 Å². The molecule has 0 radical (unpaired) electrons. The number of nitrogens with two attached hydrogens (primary N) is 1. The minimum absolute atomic E-state index is 0.372. The third-order valence-electron chi connectivity index (χ3n) is 2.90. The van der Waals surface area contributed by atoms with Crippen molar-refractivity contribution in [3.05, 3.63) is 17.5 Å². The van der Waals surface area contributed by atoms with Gasteiger partial charge in [0.2, 0.25) is 0 Å². The summed E-state index contributed by atoms with van der Waals surface area (Å²) >= 11 is 1.79. The fourth-order valence-electron chi connectivity index (χ4n) is 2.18. The zero-order valence-corrected chi connectivity index (χ0v) is 10.8. The predicted octanol–water partition coefficient (Wildman–Crippen LogP) is 2.46. The van der Waals surface area contributed by atoms with Gasteiger partial charge < -0.3 is 5.73 Å². The molecule has 0 amide bonds. The Morgan fingerprint density at radius 1 is 1.25 bits per heavy atom. The Hall–Kier alpha value is -0.610. The SMILES string of the molecule is Cc1cc(C)nc(SC2CCCC(N)C2)n1. The number of rotatable bonds is 2. The highest BCUT2D eigenvalue weighted by molar-refractivity contribution is 7.99. The summed E-state index contributed by atoms with van der Waals surface area (Å²) in [6.07, 6.45) is 4.75. The zero-order chi connectivity index (χ0) is 11.5. The first-order chi connectivity index (χ1) is 7.63. The summed E-state index contributed by atoms with van der Waals surface area (Å²) in [6.45, 7) is 4.04. The summed E-state index contributed by atoms with van der Waals surface area (Å²) in [7, 11) is 0. The Bertz CT molecular complexity index is 347. The summed E-state index contributed by atoms with van der Waals surface area (Å²) < 4.78 is 0. The topological polar surface area (TPSA) is 51.8 Å². The summed E-state index contributed by atoms with van der Waals surface area (Å²) in [5, 5.41) is 1.52. The second kappa shape index (κ2) is 5.15. The first-order valence-corrected chi connectivity index (χ1v) is 6.76. The van der Waals surface area contributed by atoms with Crippen LogP contribution < -0.4 is 5.73 Å². The monoisotopic (exact) mass is 237 g/mol. The van der Waals surface area contributed by atoms with Gasteiger partial charge in [-0.2, -0.15) is 0 Å². The molecule has 4 heteroatoms. The van der Waals surface area contributed by atoms with Gasteiger partial charge in [0, 0.05) is 22.7 Å². The highest BCUT2D eigenvalue weighted by atomic mass is 32.2. The summed E-state index contributed by atoms with van der Waals surface area (Å²) in [6, 6.07) is 2.38. The normalized spacial score (nSPS) is 25.7. The van der Waals surface area contributed by atoms with Gasteiger partial charge in [0.1, 0.15) is 0 Å². The Kier molecular flexibility index (Phi) is 3.82. The molecule has 0 saturated heterocycles. The van der Waals surface area contributed by atoms with Gasteiger partial charge in [-0.25, -0.2) is 9.97 Å². The molecule has 1 aromatic heterocycles. The van der Waals surface area contributed by atoms with E-state index in [4.69, 9.17) is 5.73 Å². The molecule has 1 aliphatic rings. The van der Waals surface area contributed by atoms with Gasteiger partial charge in [0.25, 0.3) is 0 Å². The van der Waals surface area contributed by atoms with Crippen LogP contribution in [0.3, 0.4) is 0 Å². The predicted molar refractivity (Wildman–Crippen MR) is 67.6 cm³/mol. The average molecular weight is 237 g/mol. The lowest BCUT2D eigenvalue weighted by Crippen LogP contribution is -2.29. The van der Waals surface area contributed by atoms with E-state index >= 15 is 0 Å². The third-order valence-corrected chi connectivity index (χ3v) is 4.06. The maximum Gasteiger partial charge on any atom is 0.188 e. The molecular weight excluding hydrogens is 218 g/mol. The average Bonchev–Trinajstić information content (AvgIpc) is 2.15. The Labute approximate surface area is 101 Å². The molecule has 0 spiro atoms. The fraction of sp³-hybridized carbons (Fsp3) is 0.667. The van der Waals surface area contributed by atoms with Gasteiger partial charge in [0.15, 0.2) is 5.16 Å². The van der Waals surface area contributed by atoms with Crippen LogP contribution in [0.15, 0.2) is 11.2 Å². The van der Waals surface area contributed by atoms with Gasteiger partial charge in [0.05, 0.1) is 0 Å². The standard InChI is InChI=1S/C12H19N3S/c1-8-6-9(2)15-12(14-8)16-11-5-3-4-10(13)7-11/h6,10-11H,3-5,7,13H2,1-2H3. The lowest BCUT2D eigenvalue weighted by atomic mass is 9.96. The van der Waals surface area contributed by atoms with Gasteiger partial charge >= 0.3 is 0 Å². The Morgan fingerprint density at radius 2 is 1.94 bits per heavy atom. The van der Waals surface area contributed by atoms with E-state index in [0.29, 0.717) is 11.3 Å². The number of thioether (sulfide) groups is 1. The first kappa shape index (κ1) is 11.9. The molecule has 0 bridgehead atoms. The molecule has 1 aliphatic carbocycles. The summed E-state index contributed by atoms with van der Waals surface area (Å²) in [5.74, 6) is 0. The van der Waals surface area contributed by atoms with E-state index in [1.54, 1.807) is 11.8 Å². The van der Waals surface area contributed by atoms with Crippen LogP contribution in [0.4, 0.5) is 0 Å². The van der Waals surface area contributed by atoms with Crippen LogP contribution in [-0.4, -0.2) is 21.3 Å². The first-order valence-electron chi connectivity index (χ1n) is 5.88. The molecule has 0 aromatic carbocycles. The van der Waals surface area contributed by atoms with Crippen LogP contribution in [0.25, 0.3) is 0 Å². The molecule has 2 atom stereocenters. The molecule has 2 N–H and O–H groups in total. The van der Waals surface area contributed by atoms with Crippen LogP contribution in [0.1, 0.15) is 37.1 Å². The van der Waals surface area contributed by atoms with Crippen molar-refractivity contribution in [3.63, 3.8) is 0 Å². The van der Waals surface area contributed by atoms with Crippen molar-refractivity contribution in [3.8, 4) is 0 Å². The molecule has 1 aromatic rings. The summed E-state index contributed by atoms with van der Waals surface area (Å²) in [5.41, 5.74) is 8.09. The molecule has 1 saturated carbocycles. The minimum Gasteiger partial charge on any atom is -0.328 e. The molecule has 2 rings (SSSR count). The second-order valence-corrected chi connectivity index (χ2v) is 5.87. The molecule has 88 valence electrons. The quantitative estimate of drug-likeness (QED) is 0.803. The van der Waals surface area contributed by atoms with E-state index in [1.807, 2.05) is 19.9 Å². The van der Waals surface area contributed by atoms with Gasteiger partial charge in [-0.05, 0) is 39.2 Å². The van der Waals surface area contributed by atoms with Gasteiger partial charge in [-0.3, -0.25) is 0 Å². The van der Waals surface area contributed by atoms with E-state index < -0.39 is 0 Å². The van der Waals surface area contributed by atoms with Crippen molar-refractivity contribution in [2.45, 2.75) is 56.0 Å². The number of aryl methyl sites for hydroxylation is 2. The zero-order valence-electron chi connectivity index (χ0n) is 9.94. The molecular formula is C12H19N3S. The van der Waals surface area contributed by atoms with Crippen molar-refractivity contribution >= 4 is 11.8 Å². The summed E-state index contributed by atoms with van der Waals surface area (Å²) in [4.78, 5) is 8.93. The van der Waals surface area contributed by atoms with Gasteiger partial charge in [-0.1, -0.05) is 18.2 Å². The number of aromatic nitrogens is 2. The van der Waals surface area contributed by atoms with E-state index in [2.05, 4.69) is 9.97 Å². The van der Waals surface area contributed by atoms with Crippen molar-refractivity contribution in [2.24, 2.45) is 5.73 Å². The van der Waals surface area contributed by atoms with Crippen molar-refractivity contribution in [2.75, 3.05) is 0 Å². The molecule has 16 heavy (non-hydrogen) atoms. The van der Waals surface area contributed by atoms with Crippen LogP contribution in [-0.2, 0) is 0 Å². The van der Waals surface area contributed by atoms with E-state index in [9.17, 15) is 0 Å². The highest BCUT2D eigenvalue weighted by Gasteiger charge is 2.21. The maximum absolute atomic E-state index is 5.98. The molecule has 3 nitrogen and oxygen atoms in total. The maximum atomic E-state index is 5.98. The van der Waals surface area contributed by atoms with Crippen LogP contribution in [0, 0.1) is 13.8 Å².